The lowest BCUT2D eigenvalue weighted by atomic mass is 10.2. The van der Waals surface area contributed by atoms with E-state index in [9.17, 15) is 4.79 Å². The van der Waals surface area contributed by atoms with Crippen LogP contribution < -0.4 is 11.1 Å². The van der Waals surface area contributed by atoms with Crippen LogP contribution >= 0.6 is 22.9 Å². The molecule has 9 heteroatoms. The predicted octanol–water partition coefficient (Wildman–Crippen LogP) is 1.71. The summed E-state index contributed by atoms with van der Waals surface area (Å²) in [6, 6.07) is 2.85. The summed E-state index contributed by atoms with van der Waals surface area (Å²) in [6.07, 6.45) is 1.45. The third-order valence-electron chi connectivity index (χ3n) is 2.61. The van der Waals surface area contributed by atoms with Crippen LogP contribution in [0.1, 0.15) is 10.9 Å². The van der Waals surface area contributed by atoms with E-state index in [0.29, 0.717) is 11.2 Å². The largest absolute Gasteiger partial charge is 0.341 e. The van der Waals surface area contributed by atoms with Crippen LogP contribution in [0.2, 0.25) is 5.15 Å². The molecule has 0 aromatic carbocycles. The van der Waals surface area contributed by atoms with Crippen LogP contribution in [0.4, 0.5) is 5.95 Å². The molecule has 0 aliphatic rings. The van der Waals surface area contributed by atoms with Crippen molar-refractivity contribution in [3.63, 3.8) is 0 Å². The molecule has 1 amide bonds. The number of rotatable bonds is 3. The summed E-state index contributed by atoms with van der Waals surface area (Å²) in [7, 11) is 0. The average molecular weight is 309 g/mol. The molecule has 3 aromatic heterocycles. The maximum absolute atomic E-state index is 12.0. The van der Waals surface area contributed by atoms with Crippen molar-refractivity contribution >= 4 is 46.0 Å². The van der Waals surface area contributed by atoms with Crippen molar-refractivity contribution < 1.29 is 4.79 Å². The van der Waals surface area contributed by atoms with Gasteiger partial charge in [-0.2, -0.15) is 9.97 Å². The Hall–Kier alpha value is -2.03. The number of aromatic nitrogens is 4. The second-order valence-electron chi connectivity index (χ2n) is 3.92. The van der Waals surface area contributed by atoms with Gasteiger partial charge >= 0.3 is 0 Å². The lowest BCUT2D eigenvalue weighted by Crippen LogP contribution is -2.27. The van der Waals surface area contributed by atoms with Crippen molar-refractivity contribution in [3.05, 3.63) is 33.9 Å². The summed E-state index contributed by atoms with van der Waals surface area (Å²) in [5, 5.41) is 4.58. The molecule has 3 rings (SSSR count). The minimum atomic E-state index is -0.771. The van der Waals surface area contributed by atoms with Gasteiger partial charge in [0, 0.05) is 4.88 Å². The third-order valence-corrected chi connectivity index (χ3v) is 3.84. The highest BCUT2D eigenvalue weighted by atomic mass is 35.5. The Bertz CT molecular complexity index is 755. The Morgan fingerprint density at radius 1 is 1.50 bits per heavy atom. The van der Waals surface area contributed by atoms with Crippen LogP contribution in [0.15, 0.2) is 23.8 Å². The van der Waals surface area contributed by atoms with Crippen LogP contribution in [0, 0.1) is 0 Å². The SMILES string of the molecule is NC(C(=O)Nc1nc(Cl)c2[nH]cnc2n1)c1cccs1. The maximum Gasteiger partial charge on any atom is 0.249 e. The van der Waals surface area contributed by atoms with Gasteiger partial charge in [-0.3, -0.25) is 10.1 Å². The molecular formula is C11H9ClN6OS. The van der Waals surface area contributed by atoms with Gasteiger partial charge in [0.2, 0.25) is 11.9 Å². The second kappa shape index (κ2) is 5.16. The Kier molecular flexibility index (Phi) is 3.35. The Morgan fingerprint density at radius 2 is 2.35 bits per heavy atom. The number of nitrogens with two attached hydrogens (primary N) is 1. The summed E-state index contributed by atoms with van der Waals surface area (Å²) in [5.74, 6) is -0.329. The first-order chi connectivity index (χ1) is 9.65. The lowest BCUT2D eigenvalue weighted by molar-refractivity contribution is -0.117. The highest BCUT2D eigenvalue weighted by molar-refractivity contribution is 7.10. The third kappa shape index (κ3) is 2.36. The van der Waals surface area contributed by atoms with E-state index in [1.807, 2.05) is 11.4 Å². The van der Waals surface area contributed by atoms with Crippen molar-refractivity contribution in [2.24, 2.45) is 5.73 Å². The fourth-order valence-electron chi connectivity index (χ4n) is 1.64. The molecule has 3 heterocycles. The second-order valence-corrected chi connectivity index (χ2v) is 5.26. The van der Waals surface area contributed by atoms with Crippen LogP contribution in [-0.4, -0.2) is 25.8 Å². The summed E-state index contributed by atoms with van der Waals surface area (Å²) in [5.41, 5.74) is 6.75. The van der Waals surface area contributed by atoms with Crippen LogP contribution in [0.5, 0.6) is 0 Å². The normalized spacial score (nSPS) is 12.5. The highest BCUT2D eigenvalue weighted by Gasteiger charge is 2.18. The number of amides is 1. The van der Waals surface area contributed by atoms with Gasteiger partial charge in [-0.15, -0.1) is 11.3 Å². The molecule has 1 atom stereocenters. The van der Waals surface area contributed by atoms with Crippen LogP contribution in [0.25, 0.3) is 11.2 Å². The molecule has 7 nitrogen and oxygen atoms in total. The van der Waals surface area contributed by atoms with E-state index in [-0.39, 0.29) is 11.1 Å². The fourth-order valence-corrected chi connectivity index (χ4v) is 2.58. The van der Waals surface area contributed by atoms with E-state index in [2.05, 4.69) is 25.3 Å². The Labute approximate surface area is 122 Å². The van der Waals surface area contributed by atoms with Gasteiger partial charge in [0.05, 0.1) is 6.33 Å². The zero-order valence-electron chi connectivity index (χ0n) is 10.0. The quantitative estimate of drug-likeness (QED) is 0.638. The molecule has 20 heavy (non-hydrogen) atoms. The minimum absolute atomic E-state index is 0.0756. The Morgan fingerprint density at radius 3 is 3.10 bits per heavy atom. The Balaban J connectivity index is 1.84. The van der Waals surface area contributed by atoms with E-state index in [4.69, 9.17) is 17.3 Å². The number of carbonyl (C=O) groups is 1. The number of imidazole rings is 1. The number of hydrogen-bond donors (Lipinski definition) is 3. The molecule has 0 aliphatic heterocycles. The number of aromatic amines is 1. The van der Waals surface area contributed by atoms with Crippen molar-refractivity contribution in [3.8, 4) is 0 Å². The van der Waals surface area contributed by atoms with E-state index < -0.39 is 11.9 Å². The molecule has 0 spiro atoms. The molecular weight excluding hydrogens is 300 g/mol. The van der Waals surface area contributed by atoms with Gasteiger partial charge in [0.1, 0.15) is 11.6 Å². The van der Waals surface area contributed by atoms with E-state index in [0.717, 1.165) is 4.88 Å². The molecule has 3 aromatic rings. The van der Waals surface area contributed by atoms with Gasteiger partial charge in [0.15, 0.2) is 10.8 Å². The number of halogens is 1. The number of nitrogens with one attached hydrogen (secondary N) is 2. The molecule has 0 fully saturated rings. The number of carbonyl (C=O) groups excluding carboxylic acids is 1. The summed E-state index contributed by atoms with van der Waals surface area (Å²) < 4.78 is 0. The first-order valence-electron chi connectivity index (χ1n) is 5.61. The standard InChI is InChI=1S/C11H9ClN6OS/c12-8-7-9(15-4-14-7)17-11(16-8)18-10(19)6(13)5-2-1-3-20-5/h1-4,6H,13H2,(H2,14,15,16,17,18,19). The maximum atomic E-state index is 12.0. The zero-order valence-corrected chi connectivity index (χ0v) is 11.6. The predicted molar refractivity (Wildman–Crippen MR) is 76.6 cm³/mol. The smallest absolute Gasteiger partial charge is 0.249 e. The van der Waals surface area contributed by atoms with Crippen LogP contribution in [0.3, 0.4) is 0 Å². The van der Waals surface area contributed by atoms with Gasteiger partial charge in [-0.05, 0) is 11.4 Å². The molecule has 0 radical (unpaired) electrons. The lowest BCUT2D eigenvalue weighted by Gasteiger charge is -2.09. The molecule has 0 bridgehead atoms. The van der Waals surface area contributed by atoms with E-state index >= 15 is 0 Å². The summed E-state index contributed by atoms with van der Waals surface area (Å²) >= 11 is 7.37. The number of H-pyrrole nitrogens is 1. The number of fused-ring (bicyclic) bond motifs is 1. The average Bonchev–Trinajstić information content (AvgIpc) is 3.08. The van der Waals surface area contributed by atoms with Gasteiger partial charge in [-0.1, -0.05) is 17.7 Å². The molecule has 102 valence electrons. The van der Waals surface area contributed by atoms with E-state index in [1.165, 1.54) is 17.7 Å². The molecule has 4 N–H and O–H groups in total. The van der Waals surface area contributed by atoms with Crippen molar-refractivity contribution in [1.82, 2.24) is 19.9 Å². The van der Waals surface area contributed by atoms with Crippen molar-refractivity contribution in [2.45, 2.75) is 6.04 Å². The molecule has 0 saturated carbocycles. The topological polar surface area (TPSA) is 110 Å². The molecule has 0 saturated heterocycles. The van der Waals surface area contributed by atoms with Crippen LogP contribution in [-0.2, 0) is 4.79 Å². The zero-order chi connectivity index (χ0) is 14.1. The number of nitrogens with zero attached hydrogens (tertiary/aromatic N) is 3. The monoisotopic (exact) mass is 308 g/mol. The molecule has 1 unspecified atom stereocenters. The summed E-state index contributed by atoms with van der Waals surface area (Å²) in [4.78, 5) is 27.6. The number of anilines is 1. The van der Waals surface area contributed by atoms with E-state index in [1.54, 1.807) is 6.07 Å². The van der Waals surface area contributed by atoms with Crippen molar-refractivity contribution in [2.75, 3.05) is 5.32 Å². The van der Waals surface area contributed by atoms with Crippen molar-refractivity contribution in [1.29, 1.82) is 0 Å². The van der Waals surface area contributed by atoms with Gasteiger partial charge < -0.3 is 10.7 Å². The number of thiophene rings is 1. The van der Waals surface area contributed by atoms with Gasteiger partial charge in [-0.25, -0.2) is 4.98 Å². The first-order valence-corrected chi connectivity index (χ1v) is 6.87. The number of hydrogen-bond acceptors (Lipinski definition) is 6. The molecule has 0 aliphatic carbocycles. The first kappa shape index (κ1) is 13.0. The fraction of sp³-hybridized carbons (Fsp3) is 0.0909. The minimum Gasteiger partial charge on any atom is -0.341 e. The van der Waals surface area contributed by atoms with Gasteiger partial charge in [0.25, 0.3) is 0 Å². The highest BCUT2D eigenvalue weighted by Crippen LogP contribution is 2.20. The summed E-state index contributed by atoms with van der Waals surface area (Å²) in [6.45, 7) is 0.